The number of hydrogen-bond acceptors (Lipinski definition) is 3. The lowest BCUT2D eigenvalue weighted by Crippen LogP contribution is -2.58. The van der Waals surface area contributed by atoms with E-state index in [1.54, 1.807) is 0 Å². The van der Waals surface area contributed by atoms with E-state index < -0.39 is 0 Å². The van der Waals surface area contributed by atoms with Crippen LogP contribution in [0, 0.1) is 11.8 Å². The standard InChI is InChI=1S/C24H44N2O/c1-21(2)15-19(16-22(3,4)25(21)9)11-13-27-14-12-20-17-23(5,6)26(10)24(7,8)18-20/h11-14,19-20H,15-18H2,1-10H3. The summed E-state index contributed by atoms with van der Waals surface area (Å²) in [5.74, 6) is 1.14. The van der Waals surface area contributed by atoms with Crippen LogP contribution in [0.25, 0.3) is 0 Å². The van der Waals surface area contributed by atoms with Gasteiger partial charge >= 0.3 is 0 Å². The molecule has 0 aromatic carbocycles. The van der Waals surface area contributed by atoms with Crippen LogP contribution in [0.2, 0.25) is 0 Å². The molecule has 3 nitrogen and oxygen atoms in total. The molecule has 3 heteroatoms. The van der Waals surface area contributed by atoms with Crippen molar-refractivity contribution in [1.29, 1.82) is 0 Å². The Hall–Kier alpha value is -0.800. The zero-order valence-electron chi connectivity index (χ0n) is 19.6. The molecule has 0 aromatic rings. The number of hydrogen-bond donors (Lipinski definition) is 0. The second kappa shape index (κ2) is 7.55. The Morgan fingerprint density at radius 3 is 1.11 bits per heavy atom. The Bertz CT molecular complexity index is 485. The molecule has 0 aliphatic carbocycles. The van der Waals surface area contributed by atoms with Crippen LogP contribution >= 0.6 is 0 Å². The molecule has 0 atom stereocenters. The van der Waals surface area contributed by atoms with Crippen molar-refractivity contribution in [2.75, 3.05) is 14.1 Å². The number of likely N-dealkylation sites (tertiary alicyclic amines) is 2. The second-order valence-electron chi connectivity index (χ2n) is 11.5. The summed E-state index contributed by atoms with van der Waals surface area (Å²) < 4.78 is 5.78. The molecule has 2 fully saturated rings. The Labute approximate surface area is 168 Å². The van der Waals surface area contributed by atoms with Crippen molar-refractivity contribution in [2.24, 2.45) is 11.8 Å². The lowest BCUT2D eigenvalue weighted by atomic mass is 9.74. The minimum atomic E-state index is 0.220. The van der Waals surface area contributed by atoms with E-state index in [4.69, 9.17) is 4.74 Å². The molecule has 2 saturated heterocycles. The highest BCUT2D eigenvalue weighted by atomic mass is 16.5. The van der Waals surface area contributed by atoms with Crippen molar-refractivity contribution in [2.45, 2.75) is 103 Å². The number of ether oxygens (including phenoxy) is 1. The zero-order valence-corrected chi connectivity index (χ0v) is 19.6. The first-order valence-corrected chi connectivity index (χ1v) is 10.6. The van der Waals surface area contributed by atoms with Crippen LogP contribution in [0.15, 0.2) is 24.7 Å². The van der Waals surface area contributed by atoms with E-state index in [1.165, 1.54) is 25.7 Å². The summed E-state index contributed by atoms with van der Waals surface area (Å²) in [7, 11) is 4.51. The fourth-order valence-electron chi connectivity index (χ4n) is 5.53. The number of nitrogens with zero attached hydrogens (tertiary/aromatic N) is 2. The third-order valence-electron chi connectivity index (χ3n) is 7.54. The molecular formula is C24H44N2O. The maximum atomic E-state index is 5.78. The first-order valence-electron chi connectivity index (χ1n) is 10.6. The van der Waals surface area contributed by atoms with Crippen LogP contribution in [0.3, 0.4) is 0 Å². The topological polar surface area (TPSA) is 15.7 Å². The van der Waals surface area contributed by atoms with Crippen molar-refractivity contribution in [3.8, 4) is 0 Å². The molecule has 0 spiro atoms. The van der Waals surface area contributed by atoms with E-state index >= 15 is 0 Å². The summed E-state index contributed by atoms with van der Waals surface area (Å²) in [5.41, 5.74) is 0.880. The van der Waals surface area contributed by atoms with Gasteiger partial charge in [-0.1, -0.05) is 0 Å². The maximum Gasteiger partial charge on any atom is 0.0864 e. The first-order chi connectivity index (χ1) is 12.2. The molecule has 0 unspecified atom stereocenters. The monoisotopic (exact) mass is 376 g/mol. The molecule has 27 heavy (non-hydrogen) atoms. The first kappa shape index (κ1) is 22.5. The van der Waals surface area contributed by atoms with E-state index in [9.17, 15) is 0 Å². The Morgan fingerprint density at radius 2 is 0.852 bits per heavy atom. The zero-order chi connectivity index (χ0) is 20.7. The molecule has 156 valence electrons. The normalized spacial score (nSPS) is 29.6. The predicted molar refractivity (Wildman–Crippen MR) is 117 cm³/mol. The number of allylic oxidation sites excluding steroid dienone is 2. The summed E-state index contributed by atoms with van der Waals surface area (Å²) in [4.78, 5) is 5.05. The molecule has 0 aromatic heterocycles. The van der Waals surface area contributed by atoms with E-state index in [0.717, 1.165) is 0 Å². The van der Waals surface area contributed by atoms with Gasteiger partial charge in [-0.05, 0) is 119 Å². The van der Waals surface area contributed by atoms with Gasteiger partial charge < -0.3 is 4.74 Å². The molecule has 0 N–H and O–H groups in total. The number of rotatable bonds is 4. The van der Waals surface area contributed by atoms with Crippen LogP contribution in [-0.2, 0) is 4.74 Å². The van der Waals surface area contributed by atoms with Gasteiger partial charge in [-0.2, -0.15) is 0 Å². The van der Waals surface area contributed by atoms with Crippen LogP contribution < -0.4 is 0 Å². The van der Waals surface area contributed by atoms with Gasteiger partial charge in [0.25, 0.3) is 0 Å². The van der Waals surface area contributed by atoms with Crippen LogP contribution in [0.1, 0.15) is 81.1 Å². The van der Waals surface area contributed by atoms with Gasteiger partial charge in [-0.15, -0.1) is 0 Å². The highest BCUT2D eigenvalue weighted by Gasteiger charge is 2.43. The molecule has 2 aliphatic rings. The Morgan fingerprint density at radius 1 is 0.593 bits per heavy atom. The molecule has 2 aliphatic heterocycles. The Balaban J connectivity index is 1.91. The quantitative estimate of drug-likeness (QED) is 0.574. The highest BCUT2D eigenvalue weighted by Crippen LogP contribution is 2.41. The molecule has 0 bridgehead atoms. The van der Waals surface area contributed by atoms with Crippen molar-refractivity contribution >= 4 is 0 Å². The minimum Gasteiger partial charge on any atom is -0.473 e. The van der Waals surface area contributed by atoms with Gasteiger partial charge in [0.1, 0.15) is 0 Å². The molecule has 0 amide bonds. The molecule has 0 radical (unpaired) electrons. The van der Waals surface area contributed by atoms with Crippen LogP contribution in [0.4, 0.5) is 0 Å². The number of piperidine rings is 2. The largest absolute Gasteiger partial charge is 0.473 e. The van der Waals surface area contributed by atoms with E-state index in [0.29, 0.717) is 11.8 Å². The van der Waals surface area contributed by atoms with Crippen LogP contribution in [-0.4, -0.2) is 46.1 Å². The van der Waals surface area contributed by atoms with Crippen molar-refractivity contribution in [1.82, 2.24) is 9.80 Å². The van der Waals surface area contributed by atoms with Gasteiger partial charge in [-0.3, -0.25) is 9.80 Å². The van der Waals surface area contributed by atoms with E-state index in [1.807, 2.05) is 12.5 Å². The van der Waals surface area contributed by atoms with Gasteiger partial charge in [-0.25, -0.2) is 0 Å². The SMILES string of the molecule is CN1C(C)(C)CC(C=COC=CC2CC(C)(C)N(C)C(C)(C)C2)CC1(C)C. The van der Waals surface area contributed by atoms with E-state index in [2.05, 4.69) is 91.4 Å². The van der Waals surface area contributed by atoms with Crippen molar-refractivity contribution < 1.29 is 4.74 Å². The minimum absolute atomic E-state index is 0.220. The van der Waals surface area contributed by atoms with Gasteiger partial charge in [0, 0.05) is 22.2 Å². The second-order valence-corrected chi connectivity index (χ2v) is 11.5. The van der Waals surface area contributed by atoms with Gasteiger partial charge in [0.15, 0.2) is 0 Å². The average Bonchev–Trinajstić information content (AvgIpc) is 2.49. The van der Waals surface area contributed by atoms with Crippen LogP contribution in [0.5, 0.6) is 0 Å². The third-order valence-corrected chi connectivity index (χ3v) is 7.54. The summed E-state index contributed by atoms with van der Waals surface area (Å²) in [5, 5.41) is 0. The Kier molecular flexibility index (Phi) is 6.29. The molecule has 2 rings (SSSR count). The maximum absolute atomic E-state index is 5.78. The van der Waals surface area contributed by atoms with Gasteiger partial charge in [0.05, 0.1) is 12.5 Å². The van der Waals surface area contributed by atoms with Gasteiger partial charge in [0.2, 0.25) is 0 Å². The molecule has 0 saturated carbocycles. The predicted octanol–water partition coefficient (Wildman–Crippen LogP) is 5.83. The van der Waals surface area contributed by atoms with Crippen molar-refractivity contribution in [3.05, 3.63) is 24.7 Å². The fourth-order valence-corrected chi connectivity index (χ4v) is 5.53. The lowest BCUT2D eigenvalue weighted by Gasteiger charge is -2.53. The third kappa shape index (κ3) is 5.17. The smallest absolute Gasteiger partial charge is 0.0864 e. The molecular weight excluding hydrogens is 332 g/mol. The summed E-state index contributed by atoms with van der Waals surface area (Å²) >= 11 is 0. The fraction of sp³-hybridized carbons (Fsp3) is 0.833. The average molecular weight is 377 g/mol. The lowest BCUT2D eigenvalue weighted by molar-refractivity contribution is -0.0198. The summed E-state index contributed by atoms with van der Waals surface area (Å²) in [6.07, 6.45) is 13.0. The molecule has 2 heterocycles. The summed E-state index contributed by atoms with van der Waals surface area (Å²) in [6, 6.07) is 0. The summed E-state index contributed by atoms with van der Waals surface area (Å²) in [6.45, 7) is 18.8. The van der Waals surface area contributed by atoms with Crippen molar-refractivity contribution in [3.63, 3.8) is 0 Å². The highest BCUT2D eigenvalue weighted by molar-refractivity contribution is 5.05. The van der Waals surface area contributed by atoms with E-state index in [-0.39, 0.29) is 22.2 Å².